The first-order chi connectivity index (χ1) is 10.3. The normalized spacial score (nSPS) is 11.4. The van der Waals surface area contributed by atoms with E-state index in [1.165, 1.54) is 33.3 Å². The van der Waals surface area contributed by atoms with Crippen molar-refractivity contribution >= 4 is 9.84 Å². The van der Waals surface area contributed by atoms with Crippen LogP contribution in [0.2, 0.25) is 0 Å². The molecular weight excluding hydrogens is 308 g/mol. The van der Waals surface area contributed by atoms with E-state index in [1.54, 1.807) is 12.1 Å². The van der Waals surface area contributed by atoms with Gasteiger partial charge in [-0.1, -0.05) is 6.07 Å². The molecule has 22 heavy (non-hydrogen) atoms. The molecule has 1 aromatic heterocycles. The minimum Gasteiger partial charge on any atom is -0.497 e. The molecule has 2 aromatic rings. The van der Waals surface area contributed by atoms with Gasteiger partial charge in [0.05, 0.1) is 17.8 Å². The lowest BCUT2D eigenvalue weighted by molar-refractivity contribution is 0.413. The van der Waals surface area contributed by atoms with Crippen molar-refractivity contribution in [3.8, 4) is 5.75 Å². The van der Waals surface area contributed by atoms with Gasteiger partial charge in [0.15, 0.2) is 9.84 Å². The highest BCUT2D eigenvalue weighted by Crippen LogP contribution is 2.20. The summed E-state index contributed by atoms with van der Waals surface area (Å²) in [5.74, 6) is -0.0268. The highest BCUT2D eigenvalue weighted by atomic mass is 32.2. The summed E-state index contributed by atoms with van der Waals surface area (Å²) in [7, 11) is 0.505. The zero-order valence-electron chi connectivity index (χ0n) is 12.4. The van der Waals surface area contributed by atoms with Gasteiger partial charge in [-0.3, -0.25) is 13.9 Å². The first-order valence-corrected chi connectivity index (χ1v) is 8.04. The maximum atomic E-state index is 12.4. The van der Waals surface area contributed by atoms with Gasteiger partial charge in [-0.05, 0) is 18.2 Å². The Morgan fingerprint density at radius 3 is 2.41 bits per heavy atom. The smallest absolute Gasteiger partial charge is 0.330 e. The minimum absolute atomic E-state index is 0.0694. The van der Waals surface area contributed by atoms with Crippen molar-refractivity contribution in [1.29, 1.82) is 0 Å². The second-order valence-corrected chi connectivity index (χ2v) is 6.80. The second-order valence-electron chi connectivity index (χ2n) is 4.81. The van der Waals surface area contributed by atoms with Crippen LogP contribution in [0.4, 0.5) is 0 Å². The van der Waals surface area contributed by atoms with Gasteiger partial charge in [-0.15, -0.1) is 0 Å². The Hall–Kier alpha value is -2.35. The molecule has 0 fully saturated rings. The third-order valence-corrected chi connectivity index (χ3v) is 5.01. The summed E-state index contributed by atoms with van der Waals surface area (Å²) < 4.78 is 32.0. The first kappa shape index (κ1) is 16.0. The number of benzene rings is 1. The second kappa shape index (κ2) is 5.80. The SMILES string of the molecule is COc1cccc(S(=O)(=O)Cc2cc(=O)n(C)c(=O)n2C)c1. The third kappa shape index (κ3) is 2.96. The molecule has 0 bridgehead atoms. The fourth-order valence-corrected chi connectivity index (χ4v) is 3.40. The fraction of sp³-hybridized carbons (Fsp3) is 0.286. The molecule has 0 radical (unpaired) electrons. The summed E-state index contributed by atoms with van der Waals surface area (Å²) in [6, 6.07) is 7.19. The molecule has 8 heteroatoms. The van der Waals surface area contributed by atoms with Crippen LogP contribution in [-0.4, -0.2) is 24.7 Å². The van der Waals surface area contributed by atoms with Crippen molar-refractivity contribution in [3.63, 3.8) is 0 Å². The molecule has 0 saturated heterocycles. The van der Waals surface area contributed by atoms with Gasteiger partial charge in [0.25, 0.3) is 5.56 Å². The lowest BCUT2D eigenvalue weighted by Gasteiger charge is -2.10. The molecule has 0 unspecified atom stereocenters. The van der Waals surface area contributed by atoms with Crippen LogP contribution in [0.5, 0.6) is 5.75 Å². The van der Waals surface area contributed by atoms with Gasteiger partial charge in [-0.25, -0.2) is 13.2 Å². The van der Waals surface area contributed by atoms with Gasteiger partial charge in [0.1, 0.15) is 5.75 Å². The number of aromatic nitrogens is 2. The number of hydrogen-bond donors (Lipinski definition) is 0. The van der Waals surface area contributed by atoms with E-state index >= 15 is 0 Å². The summed E-state index contributed by atoms with van der Waals surface area (Å²) >= 11 is 0. The van der Waals surface area contributed by atoms with Crippen LogP contribution in [0.1, 0.15) is 5.69 Å². The fourth-order valence-electron chi connectivity index (χ4n) is 1.99. The van der Waals surface area contributed by atoms with Crippen LogP contribution in [0.3, 0.4) is 0 Å². The Morgan fingerprint density at radius 1 is 1.09 bits per heavy atom. The third-order valence-electron chi connectivity index (χ3n) is 3.36. The average molecular weight is 324 g/mol. The van der Waals surface area contributed by atoms with Gasteiger partial charge in [-0.2, -0.15) is 0 Å². The molecule has 118 valence electrons. The maximum absolute atomic E-state index is 12.4. The molecular formula is C14H16N2O5S. The zero-order chi connectivity index (χ0) is 16.5. The Balaban J connectivity index is 2.50. The molecule has 0 atom stereocenters. The zero-order valence-corrected chi connectivity index (χ0v) is 13.3. The Labute approximate surface area is 127 Å². The topological polar surface area (TPSA) is 87.4 Å². The van der Waals surface area contributed by atoms with E-state index in [4.69, 9.17) is 4.74 Å². The molecule has 0 N–H and O–H groups in total. The molecule has 0 amide bonds. The molecule has 0 spiro atoms. The molecule has 7 nitrogen and oxygen atoms in total. The summed E-state index contributed by atoms with van der Waals surface area (Å²) in [6.45, 7) is 0. The van der Waals surface area contributed by atoms with E-state index in [1.807, 2.05) is 0 Å². The van der Waals surface area contributed by atoms with E-state index < -0.39 is 26.8 Å². The van der Waals surface area contributed by atoms with Gasteiger partial charge < -0.3 is 4.74 Å². The predicted molar refractivity (Wildman–Crippen MR) is 80.8 cm³/mol. The van der Waals surface area contributed by atoms with Gasteiger partial charge in [0, 0.05) is 25.9 Å². The highest BCUT2D eigenvalue weighted by Gasteiger charge is 2.19. The molecule has 1 aromatic carbocycles. The number of rotatable bonds is 4. The van der Waals surface area contributed by atoms with Crippen LogP contribution in [0, 0.1) is 0 Å². The molecule has 1 heterocycles. The average Bonchev–Trinajstić information content (AvgIpc) is 2.50. The monoisotopic (exact) mass is 324 g/mol. The largest absolute Gasteiger partial charge is 0.497 e. The van der Waals surface area contributed by atoms with Crippen LogP contribution >= 0.6 is 0 Å². The van der Waals surface area contributed by atoms with E-state index in [0.717, 1.165) is 15.2 Å². The lowest BCUT2D eigenvalue weighted by Crippen LogP contribution is -2.38. The standard InChI is InChI=1S/C14H16N2O5S/c1-15-10(7-13(17)16(2)14(15)18)9-22(19,20)12-6-4-5-11(8-12)21-3/h4-8H,9H2,1-3H3. The van der Waals surface area contributed by atoms with E-state index in [2.05, 4.69) is 0 Å². The Bertz CT molecular complexity index is 925. The van der Waals surface area contributed by atoms with Crippen LogP contribution in [0.15, 0.2) is 44.8 Å². The van der Waals surface area contributed by atoms with E-state index in [-0.39, 0.29) is 10.6 Å². The summed E-state index contributed by atoms with van der Waals surface area (Å²) in [5, 5.41) is 0. The summed E-state index contributed by atoms with van der Waals surface area (Å²) in [5.41, 5.74) is -0.974. The van der Waals surface area contributed by atoms with E-state index in [9.17, 15) is 18.0 Å². The molecule has 0 aliphatic carbocycles. The lowest BCUT2D eigenvalue weighted by atomic mass is 10.3. The first-order valence-electron chi connectivity index (χ1n) is 6.39. The van der Waals surface area contributed by atoms with Crippen molar-refractivity contribution in [1.82, 2.24) is 9.13 Å². The van der Waals surface area contributed by atoms with Crippen molar-refractivity contribution in [3.05, 3.63) is 56.9 Å². The summed E-state index contributed by atoms with van der Waals surface area (Å²) in [4.78, 5) is 23.6. The van der Waals surface area contributed by atoms with Crippen LogP contribution in [0.25, 0.3) is 0 Å². The molecule has 0 saturated carbocycles. The maximum Gasteiger partial charge on any atom is 0.330 e. The Morgan fingerprint density at radius 2 is 1.77 bits per heavy atom. The summed E-state index contributed by atoms with van der Waals surface area (Å²) in [6.07, 6.45) is 0. The quantitative estimate of drug-likeness (QED) is 0.794. The van der Waals surface area contributed by atoms with Crippen molar-refractivity contribution in [2.45, 2.75) is 10.6 Å². The molecule has 2 rings (SSSR count). The van der Waals surface area contributed by atoms with Crippen molar-refractivity contribution < 1.29 is 13.2 Å². The van der Waals surface area contributed by atoms with Gasteiger partial charge >= 0.3 is 5.69 Å². The van der Waals surface area contributed by atoms with Crippen LogP contribution in [-0.2, 0) is 29.7 Å². The number of hydrogen-bond acceptors (Lipinski definition) is 5. The van der Waals surface area contributed by atoms with Gasteiger partial charge in [0.2, 0.25) is 0 Å². The minimum atomic E-state index is -3.70. The molecule has 0 aliphatic heterocycles. The molecule has 0 aliphatic rings. The number of sulfone groups is 1. The van der Waals surface area contributed by atoms with Crippen LogP contribution < -0.4 is 16.0 Å². The number of nitrogens with zero attached hydrogens (tertiary/aromatic N) is 2. The van der Waals surface area contributed by atoms with Crippen molar-refractivity contribution in [2.24, 2.45) is 14.1 Å². The Kier molecular flexibility index (Phi) is 4.23. The number of ether oxygens (including phenoxy) is 1. The number of methoxy groups -OCH3 is 1. The highest BCUT2D eigenvalue weighted by molar-refractivity contribution is 7.90. The predicted octanol–water partition coefficient (Wildman–Crippen LogP) is 0.0665. The van der Waals surface area contributed by atoms with E-state index in [0.29, 0.717) is 5.75 Å². The van der Waals surface area contributed by atoms with Crippen molar-refractivity contribution in [2.75, 3.05) is 7.11 Å².